The van der Waals surface area contributed by atoms with Crippen LogP contribution in [-0.2, 0) is 0 Å². The third-order valence-corrected chi connectivity index (χ3v) is 2.00. The summed E-state index contributed by atoms with van der Waals surface area (Å²) in [5.74, 6) is 0. The van der Waals surface area contributed by atoms with Crippen LogP contribution in [0, 0.1) is 0 Å². The van der Waals surface area contributed by atoms with Gasteiger partial charge in [-0.3, -0.25) is 0 Å². The molecule has 1 aliphatic rings. The summed E-state index contributed by atoms with van der Waals surface area (Å²) >= 11 is 0. The van der Waals surface area contributed by atoms with Crippen molar-refractivity contribution < 1.29 is 0 Å². The van der Waals surface area contributed by atoms with Crippen molar-refractivity contribution in [1.29, 1.82) is 0 Å². The Morgan fingerprint density at radius 3 is 2.90 bits per heavy atom. The summed E-state index contributed by atoms with van der Waals surface area (Å²) in [4.78, 5) is 0. The monoisotopic (exact) mass is 140 g/mol. The van der Waals surface area contributed by atoms with Gasteiger partial charge in [0.25, 0.3) is 0 Å². The van der Waals surface area contributed by atoms with E-state index in [-0.39, 0.29) is 6.04 Å². The molecule has 0 saturated carbocycles. The van der Waals surface area contributed by atoms with Crippen LogP contribution in [0.15, 0.2) is 11.8 Å². The standard InChI is InChI=1S/C8H16N2/c1-6-3-4-8(5-10-6)7(2)9/h5-7,10H,3-4,9H2,1-2H3/t6?,7-/m0/s1. The number of hydrogen-bond donors (Lipinski definition) is 2. The van der Waals surface area contributed by atoms with Gasteiger partial charge in [-0.15, -0.1) is 0 Å². The van der Waals surface area contributed by atoms with Crippen molar-refractivity contribution >= 4 is 0 Å². The normalized spacial score (nSPS) is 28.7. The van der Waals surface area contributed by atoms with Crippen LogP contribution in [0.25, 0.3) is 0 Å². The molecule has 0 saturated heterocycles. The average Bonchev–Trinajstić information content (AvgIpc) is 1.88. The van der Waals surface area contributed by atoms with E-state index in [0.29, 0.717) is 6.04 Å². The van der Waals surface area contributed by atoms with Crippen molar-refractivity contribution in [3.8, 4) is 0 Å². The fraction of sp³-hybridized carbons (Fsp3) is 0.750. The van der Waals surface area contributed by atoms with Gasteiger partial charge in [0.15, 0.2) is 0 Å². The Labute approximate surface area is 62.5 Å². The molecular formula is C8H16N2. The Balaban J connectivity index is 2.48. The molecule has 1 aliphatic heterocycles. The van der Waals surface area contributed by atoms with Crippen LogP contribution >= 0.6 is 0 Å². The first-order valence-electron chi connectivity index (χ1n) is 3.90. The molecule has 0 aromatic rings. The summed E-state index contributed by atoms with van der Waals surface area (Å²) < 4.78 is 0. The Hall–Kier alpha value is -0.500. The second kappa shape index (κ2) is 3.06. The number of hydrogen-bond acceptors (Lipinski definition) is 2. The van der Waals surface area contributed by atoms with Gasteiger partial charge in [0.2, 0.25) is 0 Å². The molecule has 2 heteroatoms. The van der Waals surface area contributed by atoms with Crippen molar-refractivity contribution in [1.82, 2.24) is 5.32 Å². The first-order valence-corrected chi connectivity index (χ1v) is 3.90. The molecule has 0 radical (unpaired) electrons. The Morgan fingerprint density at radius 2 is 2.50 bits per heavy atom. The molecule has 0 spiro atoms. The second-order valence-electron chi connectivity index (χ2n) is 3.11. The molecule has 1 heterocycles. The lowest BCUT2D eigenvalue weighted by Gasteiger charge is -2.22. The van der Waals surface area contributed by atoms with Gasteiger partial charge in [-0.2, -0.15) is 0 Å². The van der Waals surface area contributed by atoms with E-state index in [9.17, 15) is 0 Å². The highest BCUT2D eigenvalue weighted by Crippen LogP contribution is 2.14. The first-order chi connectivity index (χ1) is 4.70. The number of nitrogens with one attached hydrogen (secondary N) is 1. The summed E-state index contributed by atoms with van der Waals surface area (Å²) in [6, 6.07) is 0.850. The van der Waals surface area contributed by atoms with E-state index < -0.39 is 0 Å². The van der Waals surface area contributed by atoms with Crippen LogP contribution in [0.2, 0.25) is 0 Å². The minimum absolute atomic E-state index is 0.222. The highest BCUT2D eigenvalue weighted by Gasteiger charge is 2.10. The van der Waals surface area contributed by atoms with Gasteiger partial charge in [0.1, 0.15) is 0 Å². The molecule has 2 atom stereocenters. The molecule has 0 aromatic carbocycles. The van der Waals surface area contributed by atoms with E-state index in [4.69, 9.17) is 5.73 Å². The van der Waals surface area contributed by atoms with Crippen LogP contribution < -0.4 is 11.1 Å². The molecule has 10 heavy (non-hydrogen) atoms. The van der Waals surface area contributed by atoms with Crippen molar-refractivity contribution in [2.75, 3.05) is 0 Å². The molecule has 0 aliphatic carbocycles. The highest BCUT2D eigenvalue weighted by molar-refractivity contribution is 5.11. The largest absolute Gasteiger partial charge is 0.388 e. The molecule has 0 bridgehead atoms. The van der Waals surface area contributed by atoms with Crippen molar-refractivity contribution in [3.63, 3.8) is 0 Å². The lowest BCUT2D eigenvalue weighted by Crippen LogP contribution is -2.30. The van der Waals surface area contributed by atoms with Crippen molar-refractivity contribution in [2.45, 2.75) is 38.8 Å². The van der Waals surface area contributed by atoms with E-state index >= 15 is 0 Å². The van der Waals surface area contributed by atoms with E-state index in [2.05, 4.69) is 18.4 Å². The third-order valence-electron chi connectivity index (χ3n) is 2.00. The molecule has 58 valence electrons. The maximum absolute atomic E-state index is 5.70. The van der Waals surface area contributed by atoms with Crippen molar-refractivity contribution in [3.05, 3.63) is 11.8 Å². The minimum Gasteiger partial charge on any atom is -0.388 e. The lowest BCUT2D eigenvalue weighted by atomic mass is 9.99. The quantitative estimate of drug-likeness (QED) is 0.570. The van der Waals surface area contributed by atoms with Gasteiger partial charge >= 0.3 is 0 Å². The van der Waals surface area contributed by atoms with E-state index in [0.717, 1.165) is 6.42 Å². The van der Waals surface area contributed by atoms with Gasteiger partial charge < -0.3 is 11.1 Å². The average molecular weight is 140 g/mol. The molecule has 1 unspecified atom stereocenters. The summed E-state index contributed by atoms with van der Waals surface area (Å²) in [6.07, 6.45) is 4.44. The molecular weight excluding hydrogens is 124 g/mol. The van der Waals surface area contributed by atoms with Gasteiger partial charge in [-0.05, 0) is 38.5 Å². The fourth-order valence-electron chi connectivity index (χ4n) is 1.15. The minimum atomic E-state index is 0.222. The Kier molecular flexibility index (Phi) is 2.33. The fourth-order valence-corrected chi connectivity index (χ4v) is 1.15. The predicted molar refractivity (Wildman–Crippen MR) is 43.6 cm³/mol. The molecule has 2 nitrogen and oxygen atoms in total. The van der Waals surface area contributed by atoms with Crippen molar-refractivity contribution in [2.24, 2.45) is 5.73 Å². The molecule has 3 N–H and O–H groups in total. The Bertz CT molecular complexity index is 138. The van der Waals surface area contributed by atoms with E-state index in [1.807, 2.05) is 6.92 Å². The van der Waals surface area contributed by atoms with Gasteiger partial charge in [-0.25, -0.2) is 0 Å². The van der Waals surface area contributed by atoms with E-state index in [1.165, 1.54) is 12.0 Å². The zero-order valence-corrected chi connectivity index (χ0v) is 6.72. The summed E-state index contributed by atoms with van der Waals surface area (Å²) in [5, 5.41) is 3.27. The zero-order chi connectivity index (χ0) is 7.56. The first kappa shape index (κ1) is 7.61. The molecule has 0 fully saturated rings. The predicted octanol–water partition coefficient (Wildman–Crippen LogP) is 0.989. The summed E-state index contributed by atoms with van der Waals surface area (Å²) in [5.41, 5.74) is 7.05. The van der Waals surface area contributed by atoms with Crippen LogP contribution in [-0.4, -0.2) is 12.1 Å². The van der Waals surface area contributed by atoms with Gasteiger partial charge in [-0.1, -0.05) is 0 Å². The number of rotatable bonds is 1. The maximum Gasteiger partial charge on any atom is 0.0242 e. The molecule has 1 rings (SSSR count). The third kappa shape index (κ3) is 1.74. The van der Waals surface area contributed by atoms with Crippen LogP contribution in [0.1, 0.15) is 26.7 Å². The summed E-state index contributed by atoms with van der Waals surface area (Å²) in [6.45, 7) is 4.22. The van der Waals surface area contributed by atoms with Crippen LogP contribution in [0.4, 0.5) is 0 Å². The topological polar surface area (TPSA) is 38.0 Å². The Morgan fingerprint density at radius 1 is 1.80 bits per heavy atom. The van der Waals surface area contributed by atoms with Crippen LogP contribution in [0.3, 0.4) is 0 Å². The van der Waals surface area contributed by atoms with Crippen LogP contribution in [0.5, 0.6) is 0 Å². The molecule has 0 amide bonds. The lowest BCUT2D eigenvalue weighted by molar-refractivity contribution is 0.535. The molecule has 0 aromatic heterocycles. The number of nitrogens with two attached hydrogens (primary N) is 1. The highest BCUT2D eigenvalue weighted by atomic mass is 14.9. The smallest absolute Gasteiger partial charge is 0.0242 e. The van der Waals surface area contributed by atoms with Gasteiger partial charge in [0.05, 0.1) is 0 Å². The SMILES string of the molecule is CC1CCC([C@H](C)N)=CN1. The maximum atomic E-state index is 5.70. The zero-order valence-electron chi connectivity index (χ0n) is 6.72. The van der Waals surface area contributed by atoms with E-state index in [1.54, 1.807) is 0 Å². The summed E-state index contributed by atoms with van der Waals surface area (Å²) in [7, 11) is 0. The van der Waals surface area contributed by atoms with Gasteiger partial charge in [0, 0.05) is 12.1 Å². The second-order valence-corrected chi connectivity index (χ2v) is 3.11.